The third-order valence-corrected chi connectivity index (χ3v) is 5.32. The SMILES string of the molecule is Cc1ccc(-c2nc(NC(=O)[C@H]3CC=CC[C@H]3C(=O)O)sc2C)cc1. The van der Waals surface area contributed by atoms with E-state index in [0.717, 1.165) is 16.1 Å². The summed E-state index contributed by atoms with van der Waals surface area (Å²) in [6.45, 7) is 3.99. The fourth-order valence-corrected chi connectivity index (χ4v) is 3.84. The molecule has 0 saturated heterocycles. The average molecular weight is 356 g/mol. The number of nitrogens with one attached hydrogen (secondary N) is 1. The van der Waals surface area contributed by atoms with Crippen molar-refractivity contribution < 1.29 is 14.7 Å². The van der Waals surface area contributed by atoms with Crippen molar-refractivity contribution in [2.24, 2.45) is 11.8 Å². The second-order valence-corrected chi connectivity index (χ2v) is 7.48. The normalized spacial score (nSPS) is 19.6. The monoisotopic (exact) mass is 356 g/mol. The lowest BCUT2D eigenvalue weighted by Crippen LogP contribution is -2.34. The van der Waals surface area contributed by atoms with Crippen LogP contribution in [0.15, 0.2) is 36.4 Å². The molecule has 2 N–H and O–H groups in total. The lowest BCUT2D eigenvalue weighted by atomic mass is 9.82. The standard InChI is InChI=1S/C19H20N2O3S/c1-11-7-9-13(10-8-11)16-12(2)25-19(20-16)21-17(22)14-5-3-4-6-15(14)18(23)24/h3-4,7-10,14-15H,5-6H2,1-2H3,(H,23,24)(H,20,21,22)/t14-,15+/m0/s1. The number of anilines is 1. The van der Waals surface area contributed by atoms with Gasteiger partial charge in [-0.25, -0.2) is 4.98 Å². The fourth-order valence-electron chi connectivity index (χ4n) is 3.00. The molecule has 3 rings (SSSR count). The number of hydrogen-bond donors (Lipinski definition) is 2. The van der Waals surface area contributed by atoms with Gasteiger partial charge in [0.15, 0.2) is 5.13 Å². The Morgan fingerprint density at radius 2 is 1.76 bits per heavy atom. The van der Waals surface area contributed by atoms with Crippen molar-refractivity contribution in [3.8, 4) is 11.3 Å². The Balaban J connectivity index is 1.78. The Bertz CT molecular complexity index is 824. The van der Waals surface area contributed by atoms with Crippen molar-refractivity contribution in [1.82, 2.24) is 4.98 Å². The van der Waals surface area contributed by atoms with Crippen LogP contribution in [0.2, 0.25) is 0 Å². The van der Waals surface area contributed by atoms with E-state index in [1.165, 1.54) is 16.9 Å². The molecule has 1 amide bonds. The third-order valence-electron chi connectivity index (χ3n) is 4.44. The second-order valence-electron chi connectivity index (χ2n) is 6.27. The minimum atomic E-state index is -0.930. The molecule has 0 aliphatic heterocycles. The molecule has 1 aromatic heterocycles. The first kappa shape index (κ1) is 17.4. The first-order chi connectivity index (χ1) is 12.0. The van der Waals surface area contributed by atoms with Gasteiger partial charge in [-0.15, -0.1) is 11.3 Å². The molecular formula is C19H20N2O3S. The lowest BCUT2D eigenvalue weighted by molar-refractivity contribution is -0.146. The van der Waals surface area contributed by atoms with Crippen LogP contribution in [0.1, 0.15) is 23.3 Å². The summed E-state index contributed by atoms with van der Waals surface area (Å²) in [4.78, 5) is 29.5. The third kappa shape index (κ3) is 3.79. The van der Waals surface area contributed by atoms with E-state index in [-0.39, 0.29) is 5.91 Å². The van der Waals surface area contributed by atoms with E-state index >= 15 is 0 Å². The Kier molecular flexibility index (Phi) is 4.99. The molecule has 0 spiro atoms. The van der Waals surface area contributed by atoms with Gasteiger partial charge in [0.1, 0.15) is 0 Å². The molecule has 0 radical (unpaired) electrons. The molecule has 2 aromatic rings. The Morgan fingerprint density at radius 3 is 2.40 bits per heavy atom. The molecule has 6 heteroatoms. The predicted molar refractivity (Wildman–Crippen MR) is 98.6 cm³/mol. The van der Waals surface area contributed by atoms with Crippen LogP contribution in [-0.4, -0.2) is 22.0 Å². The van der Waals surface area contributed by atoms with Gasteiger partial charge in [0.25, 0.3) is 0 Å². The van der Waals surface area contributed by atoms with Crippen LogP contribution in [0, 0.1) is 25.7 Å². The van der Waals surface area contributed by atoms with Crippen molar-refractivity contribution in [2.45, 2.75) is 26.7 Å². The summed E-state index contributed by atoms with van der Waals surface area (Å²) in [5, 5.41) is 12.6. The molecule has 0 unspecified atom stereocenters. The van der Waals surface area contributed by atoms with Crippen LogP contribution in [0.25, 0.3) is 11.3 Å². The zero-order valence-electron chi connectivity index (χ0n) is 14.2. The van der Waals surface area contributed by atoms with Crippen LogP contribution in [0.4, 0.5) is 5.13 Å². The maximum atomic E-state index is 12.5. The zero-order valence-corrected chi connectivity index (χ0v) is 15.0. The second kappa shape index (κ2) is 7.19. The van der Waals surface area contributed by atoms with Crippen LogP contribution in [0.5, 0.6) is 0 Å². The van der Waals surface area contributed by atoms with Crippen LogP contribution < -0.4 is 5.32 Å². The van der Waals surface area contributed by atoms with Gasteiger partial charge in [-0.1, -0.05) is 42.0 Å². The first-order valence-corrected chi connectivity index (χ1v) is 9.00. The first-order valence-electron chi connectivity index (χ1n) is 8.19. The Labute approximate surface area is 150 Å². The summed E-state index contributed by atoms with van der Waals surface area (Å²) in [6.07, 6.45) is 4.52. The number of rotatable bonds is 4. The molecule has 5 nitrogen and oxygen atoms in total. The topological polar surface area (TPSA) is 79.3 Å². The molecule has 2 atom stereocenters. The van der Waals surface area contributed by atoms with E-state index in [0.29, 0.717) is 18.0 Å². The summed E-state index contributed by atoms with van der Waals surface area (Å²) < 4.78 is 0. The molecule has 1 aromatic carbocycles. The number of aromatic nitrogens is 1. The van der Waals surface area contributed by atoms with Crippen molar-refractivity contribution in [3.05, 3.63) is 46.9 Å². The number of thiazole rings is 1. The molecule has 0 fully saturated rings. The largest absolute Gasteiger partial charge is 0.481 e. The summed E-state index contributed by atoms with van der Waals surface area (Å²) >= 11 is 1.41. The molecule has 1 aliphatic carbocycles. The van der Waals surface area contributed by atoms with Crippen molar-refractivity contribution >= 4 is 28.3 Å². The number of hydrogen-bond acceptors (Lipinski definition) is 4. The van der Waals surface area contributed by atoms with Crippen molar-refractivity contribution in [2.75, 3.05) is 5.32 Å². The predicted octanol–water partition coefficient (Wildman–Crippen LogP) is 4.03. The summed E-state index contributed by atoms with van der Waals surface area (Å²) in [5.41, 5.74) is 3.03. The highest BCUT2D eigenvalue weighted by Crippen LogP contribution is 2.32. The van der Waals surface area contributed by atoms with Gasteiger partial charge in [0.2, 0.25) is 5.91 Å². The lowest BCUT2D eigenvalue weighted by Gasteiger charge is -2.23. The smallest absolute Gasteiger partial charge is 0.307 e. The molecular weight excluding hydrogens is 336 g/mol. The number of carbonyl (C=O) groups is 2. The zero-order chi connectivity index (χ0) is 18.0. The number of benzene rings is 1. The van der Waals surface area contributed by atoms with Gasteiger partial charge >= 0.3 is 5.97 Å². The van der Waals surface area contributed by atoms with Crippen LogP contribution in [-0.2, 0) is 9.59 Å². The number of aryl methyl sites for hydroxylation is 2. The quantitative estimate of drug-likeness (QED) is 0.811. The Morgan fingerprint density at radius 1 is 1.12 bits per heavy atom. The number of carbonyl (C=O) groups excluding carboxylic acids is 1. The highest BCUT2D eigenvalue weighted by atomic mass is 32.1. The molecule has 0 saturated carbocycles. The minimum absolute atomic E-state index is 0.277. The van der Waals surface area contributed by atoms with Crippen molar-refractivity contribution in [1.29, 1.82) is 0 Å². The van der Waals surface area contributed by atoms with Gasteiger partial charge in [-0.05, 0) is 26.7 Å². The summed E-state index contributed by atoms with van der Waals surface area (Å²) in [5.74, 6) is -2.45. The van der Waals surface area contributed by atoms with E-state index in [1.54, 1.807) is 0 Å². The highest BCUT2D eigenvalue weighted by Gasteiger charge is 2.34. The molecule has 1 heterocycles. The van der Waals surface area contributed by atoms with E-state index in [4.69, 9.17) is 0 Å². The molecule has 25 heavy (non-hydrogen) atoms. The summed E-state index contributed by atoms with van der Waals surface area (Å²) in [7, 11) is 0. The number of carboxylic acid groups (broad SMARTS) is 1. The van der Waals surface area contributed by atoms with Gasteiger partial charge in [0.05, 0.1) is 17.5 Å². The van der Waals surface area contributed by atoms with Crippen LogP contribution >= 0.6 is 11.3 Å². The molecule has 130 valence electrons. The minimum Gasteiger partial charge on any atom is -0.481 e. The van der Waals surface area contributed by atoms with E-state index in [2.05, 4.69) is 10.3 Å². The highest BCUT2D eigenvalue weighted by molar-refractivity contribution is 7.16. The van der Waals surface area contributed by atoms with Crippen LogP contribution in [0.3, 0.4) is 0 Å². The maximum Gasteiger partial charge on any atom is 0.307 e. The maximum absolute atomic E-state index is 12.5. The number of carboxylic acids is 1. The fraction of sp³-hybridized carbons (Fsp3) is 0.316. The van der Waals surface area contributed by atoms with E-state index in [1.807, 2.05) is 50.3 Å². The van der Waals surface area contributed by atoms with E-state index < -0.39 is 17.8 Å². The number of allylic oxidation sites excluding steroid dienone is 2. The number of nitrogens with zero attached hydrogens (tertiary/aromatic N) is 1. The molecule has 1 aliphatic rings. The van der Waals surface area contributed by atoms with Gasteiger partial charge in [-0.2, -0.15) is 0 Å². The van der Waals surface area contributed by atoms with Gasteiger partial charge < -0.3 is 10.4 Å². The summed E-state index contributed by atoms with van der Waals surface area (Å²) in [6, 6.07) is 8.07. The van der Waals surface area contributed by atoms with Crippen molar-refractivity contribution in [3.63, 3.8) is 0 Å². The van der Waals surface area contributed by atoms with Gasteiger partial charge in [0, 0.05) is 10.4 Å². The number of amides is 1. The molecule has 0 bridgehead atoms. The number of aliphatic carboxylic acids is 1. The van der Waals surface area contributed by atoms with E-state index in [9.17, 15) is 14.7 Å². The Hall–Kier alpha value is -2.47. The average Bonchev–Trinajstić information content (AvgIpc) is 2.95. The van der Waals surface area contributed by atoms with Gasteiger partial charge in [-0.3, -0.25) is 9.59 Å².